The third-order valence-corrected chi connectivity index (χ3v) is 3.75. The number of carboxylic acid groups (broad SMARTS) is 1. The lowest BCUT2D eigenvalue weighted by atomic mass is 10.4. The predicted octanol–water partition coefficient (Wildman–Crippen LogP) is -0.430. The Bertz CT molecular complexity index is 784. The van der Waals surface area contributed by atoms with Gasteiger partial charge in [0.1, 0.15) is 11.8 Å². The van der Waals surface area contributed by atoms with Crippen LogP contribution in [0.4, 0.5) is 5.82 Å². The highest BCUT2D eigenvalue weighted by molar-refractivity contribution is 7.53. The maximum Gasteiger partial charge on any atom is 0.365 e. The number of carboxylic acids is 1. The number of nitrogens with zero attached hydrogens (tertiary/aromatic N) is 4. The summed E-state index contributed by atoms with van der Waals surface area (Å²) in [5.41, 5.74) is 6.65. The molecule has 12 heteroatoms. The lowest BCUT2D eigenvalue weighted by molar-refractivity contribution is -0.145. The van der Waals surface area contributed by atoms with Crippen LogP contribution in [0.3, 0.4) is 0 Å². The molecular weight excluding hydrogens is 329 g/mol. The number of hydrogen-bond acceptors (Lipinski definition) is 7. The Kier molecular flexibility index (Phi) is 5.06. The van der Waals surface area contributed by atoms with Crippen LogP contribution in [0.2, 0.25) is 0 Å². The molecule has 0 fully saturated rings. The first-order valence-electron chi connectivity index (χ1n) is 6.26. The molecule has 5 N–H and O–H groups in total. The number of fused-ring (bicyclic) bond motifs is 1. The fourth-order valence-corrected chi connectivity index (χ4v) is 2.32. The summed E-state index contributed by atoms with van der Waals surface area (Å²) >= 11 is 0. The Hall–Kier alpha value is -2.33. The van der Waals surface area contributed by atoms with Crippen molar-refractivity contribution in [2.75, 3.05) is 12.3 Å². The third-order valence-electron chi connectivity index (χ3n) is 2.77. The lowest BCUT2D eigenvalue weighted by Crippen LogP contribution is -2.23. The molecule has 0 saturated carbocycles. The SMILES string of the molecule is Nc1ncnc2c1ncn2CC=CCOC(C(=O)O)P(=O)(O)O. The van der Waals surface area contributed by atoms with Crippen molar-refractivity contribution in [2.45, 2.75) is 12.4 Å². The number of hydrogen-bond donors (Lipinski definition) is 4. The van der Waals surface area contributed by atoms with E-state index in [4.69, 9.17) is 20.6 Å². The molecule has 1 atom stereocenters. The molecule has 0 aliphatic heterocycles. The van der Waals surface area contributed by atoms with E-state index in [2.05, 4.69) is 19.7 Å². The molecule has 1 unspecified atom stereocenters. The zero-order valence-electron chi connectivity index (χ0n) is 11.7. The molecule has 0 aliphatic rings. The van der Waals surface area contributed by atoms with E-state index in [0.717, 1.165) is 0 Å². The van der Waals surface area contributed by atoms with E-state index in [1.807, 2.05) is 0 Å². The van der Waals surface area contributed by atoms with E-state index in [-0.39, 0.29) is 12.4 Å². The van der Waals surface area contributed by atoms with Crippen molar-refractivity contribution in [1.82, 2.24) is 19.5 Å². The van der Waals surface area contributed by atoms with Crippen LogP contribution < -0.4 is 5.73 Å². The maximum atomic E-state index is 10.9. The topological polar surface area (TPSA) is 174 Å². The number of allylic oxidation sites excluding steroid dienone is 1. The summed E-state index contributed by atoms with van der Waals surface area (Å²) in [4.78, 5) is 40.3. The third kappa shape index (κ3) is 4.11. The van der Waals surface area contributed by atoms with Crippen LogP contribution in [0.5, 0.6) is 0 Å². The Labute approximate surface area is 129 Å². The highest BCUT2D eigenvalue weighted by Gasteiger charge is 2.36. The number of nitrogens with two attached hydrogens (primary N) is 1. The first kappa shape index (κ1) is 17.0. The normalized spacial score (nSPS) is 13.7. The molecule has 2 rings (SSSR count). The quantitative estimate of drug-likeness (QED) is 0.381. The van der Waals surface area contributed by atoms with Gasteiger partial charge in [0, 0.05) is 6.54 Å². The van der Waals surface area contributed by atoms with Crippen LogP contribution in [-0.4, -0.2) is 52.8 Å². The van der Waals surface area contributed by atoms with Crippen LogP contribution in [-0.2, 0) is 20.6 Å². The molecule has 0 radical (unpaired) electrons. The van der Waals surface area contributed by atoms with E-state index in [9.17, 15) is 9.36 Å². The molecule has 23 heavy (non-hydrogen) atoms. The van der Waals surface area contributed by atoms with Crippen molar-refractivity contribution in [3.63, 3.8) is 0 Å². The van der Waals surface area contributed by atoms with E-state index in [1.54, 1.807) is 10.6 Å². The first-order chi connectivity index (χ1) is 10.8. The number of imidazole rings is 1. The lowest BCUT2D eigenvalue weighted by Gasteiger charge is -2.13. The summed E-state index contributed by atoms with van der Waals surface area (Å²) in [7, 11) is -4.87. The Balaban J connectivity index is 1.95. The van der Waals surface area contributed by atoms with Crippen molar-refractivity contribution >= 4 is 30.5 Å². The van der Waals surface area contributed by atoms with Gasteiger partial charge in [0.05, 0.1) is 12.9 Å². The number of ether oxygens (including phenoxy) is 1. The second-order valence-corrected chi connectivity index (χ2v) is 6.06. The number of anilines is 1. The van der Waals surface area contributed by atoms with Gasteiger partial charge in [-0.1, -0.05) is 12.2 Å². The molecule has 0 bridgehead atoms. The van der Waals surface area contributed by atoms with E-state index in [0.29, 0.717) is 17.7 Å². The second kappa shape index (κ2) is 6.84. The molecule has 0 amide bonds. The van der Waals surface area contributed by atoms with Gasteiger partial charge in [-0.25, -0.2) is 19.7 Å². The largest absolute Gasteiger partial charge is 0.479 e. The number of aromatic nitrogens is 4. The molecule has 0 saturated heterocycles. The fourth-order valence-electron chi connectivity index (χ4n) is 1.75. The van der Waals surface area contributed by atoms with Crippen LogP contribution in [0.25, 0.3) is 11.2 Å². The van der Waals surface area contributed by atoms with Crippen LogP contribution >= 0.6 is 7.60 Å². The van der Waals surface area contributed by atoms with Crippen molar-refractivity contribution in [2.24, 2.45) is 0 Å². The van der Waals surface area contributed by atoms with Crippen molar-refractivity contribution in [1.29, 1.82) is 0 Å². The predicted molar refractivity (Wildman–Crippen MR) is 78.3 cm³/mol. The zero-order valence-corrected chi connectivity index (χ0v) is 12.6. The number of nitrogen functional groups attached to an aromatic ring is 1. The fraction of sp³-hybridized carbons (Fsp3) is 0.273. The summed E-state index contributed by atoms with van der Waals surface area (Å²) < 4.78 is 17.3. The highest BCUT2D eigenvalue weighted by Crippen LogP contribution is 2.41. The molecule has 2 aromatic rings. The number of aliphatic carboxylic acids is 1. The molecule has 11 nitrogen and oxygen atoms in total. The van der Waals surface area contributed by atoms with E-state index >= 15 is 0 Å². The van der Waals surface area contributed by atoms with Gasteiger partial charge in [-0.15, -0.1) is 0 Å². The molecule has 2 heterocycles. The van der Waals surface area contributed by atoms with Gasteiger partial charge in [0.2, 0.25) is 0 Å². The minimum atomic E-state index is -4.87. The number of rotatable bonds is 7. The van der Waals surface area contributed by atoms with Gasteiger partial charge >= 0.3 is 13.6 Å². The van der Waals surface area contributed by atoms with Gasteiger partial charge in [0.25, 0.3) is 5.85 Å². The molecule has 124 valence electrons. The average Bonchev–Trinajstić information content (AvgIpc) is 2.85. The summed E-state index contributed by atoms with van der Waals surface area (Å²) in [5.74, 6) is -3.65. The van der Waals surface area contributed by atoms with Crippen LogP contribution in [0.1, 0.15) is 0 Å². The molecule has 0 spiro atoms. The first-order valence-corrected chi connectivity index (χ1v) is 7.95. The minimum Gasteiger partial charge on any atom is -0.479 e. The molecule has 0 aliphatic carbocycles. The monoisotopic (exact) mass is 343 g/mol. The minimum absolute atomic E-state index is 0.256. The average molecular weight is 343 g/mol. The van der Waals surface area contributed by atoms with E-state index < -0.39 is 19.4 Å². The Morgan fingerprint density at radius 1 is 1.39 bits per heavy atom. The van der Waals surface area contributed by atoms with Crippen molar-refractivity contribution in [3.8, 4) is 0 Å². The van der Waals surface area contributed by atoms with Crippen LogP contribution in [0, 0.1) is 0 Å². The van der Waals surface area contributed by atoms with Gasteiger partial charge in [-0.3, -0.25) is 4.57 Å². The van der Waals surface area contributed by atoms with Gasteiger partial charge in [-0.2, -0.15) is 0 Å². The maximum absolute atomic E-state index is 10.9. The van der Waals surface area contributed by atoms with E-state index in [1.165, 1.54) is 18.7 Å². The zero-order chi connectivity index (χ0) is 17.0. The van der Waals surface area contributed by atoms with Crippen molar-refractivity contribution < 1.29 is 29.0 Å². The molecule has 0 aromatic carbocycles. The van der Waals surface area contributed by atoms with Gasteiger partial charge in [-0.05, 0) is 0 Å². The smallest absolute Gasteiger partial charge is 0.365 e. The van der Waals surface area contributed by atoms with Gasteiger partial charge in [0.15, 0.2) is 11.5 Å². The summed E-state index contributed by atoms with van der Waals surface area (Å²) in [6.45, 7) is 0.0653. The molecule has 2 aromatic heterocycles. The highest BCUT2D eigenvalue weighted by atomic mass is 31.2. The van der Waals surface area contributed by atoms with Crippen LogP contribution in [0.15, 0.2) is 24.8 Å². The van der Waals surface area contributed by atoms with Crippen molar-refractivity contribution in [3.05, 3.63) is 24.8 Å². The standard InChI is InChI=1S/C11H14N5O6P/c12-8-7-9(14-5-13-8)16(6-15-7)3-1-2-4-22-11(10(17)18)23(19,20)21/h1-2,5-6,11H,3-4H2,(H,17,18)(H2,12,13,14)(H2,19,20,21). The number of carbonyl (C=O) groups is 1. The summed E-state index contributed by atoms with van der Waals surface area (Å²) in [6, 6.07) is 0. The second-order valence-electron chi connectivity index (χ2n) is 4.41. The van der Waals surface area contributed by atoms with Gasteiger partial charge < -0.3 is 29.9 Å². The summed E-state index contributed by atoms with van der Waals surface area (Å²) in [6.07, 6.45) is 5.86. The molecular formula is C11H14N5O6P. The Morgan fingerprint density at radius 3 is 2.78 bits per heavy atom. The summed E-state index contributed by atoms with van der Waals surface area (Å²) in [5, 5.41) is 8.68. The Morgan fingerprint density at radius 2 is 2.13 bits per heavy atom.